The van der Waals surface area contributed by atoms with E-state index in [9.17, 15) is 9.59 Å². The molecule has 0 spiro atoms. The molecule has 0 saturated carbocycles. The third-order valence-electron chi connectivity index (χ3n) is 2.25. The average Bonchev–Trinajstić information content (AvgIpc) is 2.30. The van der Waals surface area contributed by atoms with Crippen molar-refractivity contribution in [2.45, 2.75) is 16.4 Å². The molecule has 0 aromatic heterocycles. The molecule has 0 saturated heterocycles. The van der Waals surface area contributed by atoms with Crippen LogP contribution in [0.3, 0.4) is 0 Å². The van der Waals surface area contributed by atoms with Gasteiger partial charge in [0.1, 0.15) is 5.75 Å². The second-order valence-electron chi connectivity index (χ2n) is 3.69. The minimum Gasteiger partial charge on any atom is -0.477 e. The maximum absolute atomic E-state index is 11.2. The maximum atomic E-state index is 11.2. The standard InChI is InChI=1S/C11H8Br2O6/c1-5(14)17-6-2-3-7-8(4-6)18-9(12)11(13,19-7)10(15)16/h2-4,9H,1H3,(H,15,16). The van der Waals surface area contributed by atoms with E-state index in [1.807, 2.05) is 0 Å². The highest BCUT2D eigenvalue weighted by Crippen LogP contribution is 2.44. The topological polar surface area (TPSA) is 82.1 Å². The fraction of sp³-hybridized carbons (Fsp3) is 0.273. The number of fused-ring (bicyclic) bond motifs is 1. The number of carboxylic acids is 1. The van der Waals surface area contributed by atoms with Crippen LogP contribution >= 0.6 is 31.9 Å². The fourth-order valence-electron chi connectivity index (χ4n) is 1.43. The SMILES string of the molecule is CC(=O)Oc1ccc2c(c1)OC(Br)C(Br)(C(=O)O)O2. The fourth-order valence-corrected chi connectivity index (χ4v) is 2.19. The number of carbonyl (C=O) groups excluding carboxylic acids is 1. The molecule has 0 aliphatic carbocycles. The lowest BCUT2D eigenvalue weighted by Gasteiger charge is -2.34. The van der Waals surface area contributed by atoms with E-state index in [1.165, 1.54) is 25.1 Å². The number of alkyl halides is 2. The molecule has 0 radical (unpaired) electrons. The number of ether oxygens (including phenoxy) is 3. The first kappa shape index (κ1) is 14.1. The van der Waals surface area contributed by atoms with Crippen LogP contribution in [0, 0.1) is 0 Å². The van der Waals surface area contributed by atoms with Gasteiger partial charge in [0.05, 0.1) is 0 Å². The number of benzene rings is 1. The number of rotatable bonds is 2. The van der Waals surface area contributed by atoms with Crippen molar-refractivity contribution in [2.24, 2.45) is 0 Å². The van der Waals surface area contributed by atoms with Gasteiger partial charge >= 0.3 is 16.4 Å². The highest BCUT2D eigenvalue weighted by Gasteiger charge is 2.50. The van der Waals surface area contributed by atoms with Crippen LogP contribution in [0.25, 0.3) is 0 Å². The quantitative estimate of drug-likeness (QED) is 0.470. The van der Waals surface area contributed by atoms with Gasteiger partial charge in [0.25, 0.3) is 0 Å². The Kier molecular flexibility index (Phi) is 3.73. The second-order valence-corrected chi connectivity index (χ2v) is 5.70. The normalized spacial score (nSPS) is 24.7. The Balaban J connectivity index is 2.33. The van der Waals surface area contributed by atoms with Crippen molar-refractivity contribution in [3.8, 4) is 17.2 Å². The van der Waals surface area contributed by atoms with Gasteiger partial charge < -0.3 is 19.3 Å². The zero-order valence-corrected chi connectivity index (χ0v) is 12.7. The Morgan fingerprint density at radius 1 is 1.42 bits per heavy atom. The van der Waals surface area contributed by atoms with Crippen LogP contribution < -0.4 is 14.2 Å². The molecule has 1 N–H and O–H groups in total. The summed E-state index contributed by atoms with van der Waals surface area (Å²) in [7, 11) is 0. The molecule has 0 fully saturated rings. The van der Waals surface area contributed by atoms with Crippen LogP contribution in [0.15, 0.2) is 18.2 Å². The smallest absolute Gasteiger partial charge is 0.364 e. The van der Waals surface area contributed by atoms with E-state index in [2.05, 4.69) is 31.9 Å². The molecule has 2 atom stereocenters. The van der Waals surface area contributed by atoms with E-state index in [0.717, 1.165) is 0 Å². The molecule has 0 bridgehead atoms. The average molecular weight is 396 g/mol. The summed E-state index contributed by atoms with van der Waals surface area (Å²) in [6.45, 7) is 1.28. The Bertz CT molecular complexity index is 546. The first-order valence-corrected chi connectivity index (χ1v) is 6.78. The van der Waals surface area contributed by atoms with Crippen molar-refractivity contribution in [3.63, 3.8) is 0 Å². The van der Waals surface area contributed by atoms with Crippen LogP contribution in [0.4, 0.5) is 0 Å². The van der Waals surface area contributed by atoms with Crippen LogP contribution in [0.1, 0.15) is 6.92 Å². The Labute approximate surface area is 124 Å². The minimum absolute atomic E-state index is 0.228. The van der Waals surface area contributed by atoms with E-state index in [1.54, 1.807) is 0 Å². The molecule has 102 valence electrons. The molecule has 19 heavy (non-hydrogen) atoms. The van der Waals surface area contributed by atoms with Crippen molar-refractivity contribution in [1.29, 1.82) is 0 Å². The Hall–Kier alpha value is -1.28. The van der Waals surface area contributed by atoms with Gasteiger partial charge in [0.2, 0.25) is 5.01 Å². The molecule has 2 rings (SSSR count). The van der Waals surface area contributed by atoms with Gasteiger partial charge in [-0.3, -0.25) is 4.79 Å². The van der Waals surface area contributed by atoms with E-state index in [-0.39, 0.29) is 17.2 Å². The van der Waals surface area contributed by atoms with Gasteiger partial charge in [-0.1, -0.05) is 0 Å². The molecule has 2 unspecified atom stereocenters. The monoisotopic (exact) mass is 394 g/mol. The number of carboxylic acid groups (broad SMARTS) is 1. The lowest BCUT2D eigenvalue weighted by molar-refractivity contribution is -0.151. The molecule has 1 aliphatic heterocycles. The lowest BCUT2D eigenvalue weighted by atomic mass is 10.2. The van der Waals surface area contributed by atoms with E-state index in [4.69, 9.17) is 19.3 Å². The molecular formula is C11H8Br2O6. The summed E-state index contributed by atoms with van der Waals surface area (Å²) >= 11 is 6.05. The van der Waals surface area contributed by atoms with Crippen molar-refractivity contribution in [3.05, 3.63) is 18.2 Å². The highest BCUT2D eigenvalue weighted by atomic mass is 79.9. The van der Waals surface area contributed by atoms with Crippen molar-refractivity contribution >= 4 is 43.8 Å². The number of hydrogen-bond acceptors (Lipinski definition) is 5. The minimum atomic E-state index is -1.72. The van der Waals surface area contributed by atoms with Crippen LogP contribution in [-0.2, 0) is 9.59 Å². The van der Waals surface area contributed by atoms with Crippen molar-refractivity contribution < 1.29 is 28.9 Å². The number of carbonyl (C=O) groups is 2. The Morgan fingerprint density at radius 2 is 2.11 bits per heavy atom. The van der Waals surface area contributed by atoms with Gasteiger partial charge in [0, 0.05) is 13.0 Å². The summed E-state index contributed by atoms with van der Waals surface area (Å²) in [4.78, 5) is 22.0. The van der Waals surface area contributed by atoms with E-state index >= 15 is 0 Å². The number of esters is 1. The summed E-state index contributed by atoms with van der Waals surface area (Å²) in [5.74, 6) is -0.911. The van der Waals surface area contributed by atoms with Gasteiger partial charge in [-0.05, 0) is 44.0 Å². The highest BCUT2D eigenvalue weighted by molar-refractivity contribution is 9.12. The summed E-state index contributed by atoms with van der Waals surface area (Å²) in [6, 6.07) is 4.39. The van der Waals surface area contributed by atoms with Gasteiger partial charge in [-0.2, -0.15) is 0 Å². The molecule has 1 heterocycles. The summed E-state index contributed by atoms with van der Waals surface area (Å²) in [6.07, 6.45) is 0. The predicted octanol–water partition coefficient (Wildman–Crippen LogP) is 2.28. The van der Waals surface area contributed by atoms with Crippen LogP contribution in [0.5, 0.6) is 17.2 Å². The molecule has 1 aliphatic rings. The number of halogens is 2. The summed E-state index contributed by atoms with van der Waals surface area (Å²) in [5, 5.41) is 8.17. The van der Waals surface area contributed by atoms with Gasteiger partial charge in [-0.15, -0.1) is 0 Å². The molecule has 1 aromatic rings. The van der Waals surface area contributed by atoms with Crippen molar-refractivity contribution in [2.75, 3.05) is 0 Å². The third kappa shape index (κ3) is 2.69. The summed E-state index contributed by atoms with van der Waals surface area (Å²) < 4.78 is 13.9. The number of hydrogen-bond donors (Lipinski definition) is 1. The van der Waals surface area contributed by atoms with Crippen LogP contribution in [0.2, 0.25) is 0 Å². The van der Waals surface area contributed by atoms with Gasteiger partial charge in [-0.25, -0.2) is 4.79 Å². The largest absolute Gasteiger partial charge is 0.477 e. The lowest BCUT2D eigenvalue weighted by Crippen LogP contribution is -2.51. The van der Waals surface area contributed by atoms with E-state index in [0.29, 0.717) is 0 Å². The second kappa shape index (κ2) is 5.01. The van der Waals surface area contributed by atoms with Crippen molar-refractivity contribution in [1.82, 2.24) is 0 Å². The maximum Gasteiger partial charge on any atom is 0.364 e. The summed E-state index contributed by atoms with van der Waals surface area (Å²) in [5.41, 5.74) is 0. The van der Waals surface area contributed by atoms with Gasteiger partial charge in [0.15, 0.2) is 11.5 Å². The third-order valence-corrected chi connectivity index (χ3v) is 4.61. The number of aliphatic carboxylic acids is 1. The predicted molar refractivity (Wildman–Crippen MR) is 71.0 cm³/mol. The molecule has 6 nitrogen and oxygen atoms in total. The molecule has 0 amide bonds. The zero-order chi connectivity index (χ0) is 14.2. The zero-order valence-electron chi connectivity index (χ0n) is 9.55. The Morgan fingerprint density at radius 3 is 2.68 bits per heavy atom. The molecular weight excluding hydrogens is 388 g/mol. The van der Waals surface area contributed by atoms with E-state index < -0.39 is 21.5 Å². The molecule has 1 aromatic carbocycles. The first-order valence-electron chi connectivity index (χ1n) is 5.07. The van der Waals surface area contributed by atoms with Crippen LogP contribution in [-0.4, -0.2) is 26.6 Å². The molecule has 8 heteroatoms. The first-order chi connectivity index (χ1) is 8.83.